The van der Waals surface area contributed by atoms with Crippen LogP contribution in [0.15, 0.2) is 30.3 Å². The molecule has 0 atom stereocenters. The Kier molecular flexibility index (Phi) is 5.36. The lowest BCUT2D eigenvalue weighted by Crippen LogP contribution is -2.18. The molecule has 0 amide bonds. The van der Waals surface area contributed by atoms with Crippen LogP contribution in [0.4, 0.5) is 5.69 Å². The Balaban J connectivity index is 1.89. The van der Waals surface area contributed by atoms with E-state index in [-0.39, 0.29) is 0 Å². The van der Waals surface area contributed by atoms with Gasteiger partial charge in [0.1, 0.15) is 5.75 Å². The van der Waals surface area contributed by atoms with Gasteiger partial charge in [0.05, 0.1) is 7.11 Å². The fourth-order valence-electron chi connectivity index (χ4n) is 3.96. The van der Waals surface area contributed by atoms with Gasteiger partial charge in [-0.15, -0.1) is 0 Å². The van der Waals surface area contributed by atoms with Crippen molar-refractivity contribution in [3.63, 3.8) is 0 Å². The summed E-state index contributed by atoms with van der Waals surface area (Å²) in [4.78, 5) is 2.52. The molecule has 2 heteroatoms. The minimum Gasteiger partial charge on any atom is -0.496 e. The molecular weight excluding hydrogens is 306 g/mol. The molecule has 1 fully saturated rings. The fraction of sp³-hybridized carbons (Fsp3) is 0.478. The first-order valence-corrected chi connectivity index (χ1v) is 9.51. The lowest BCUT2D eigenvalue weighted by atomic mass is 9.92. The molecule has 0 radical (unpaired) electrons. The summed E-state index contributed by atoms with van der Waals surface area (Å²) in [7, 11) is 1.76. The topological polar surface area (TPSA) is 12.5 Å². The zero-order valence-electron chi connectivity index (χ0n) is 16.4. The van der Waals surface area contributed by atoms with Gasteiger partial charge in [-0.05, 0) is 85.0 Å². The quantitative estimate of drug-likeness (QED) is 0.701. The highest BCUT2D eigenvalue weighted by Gasteiger charge is 2.15. The average Bonchev–Trinajstić information content (AvgIpc) is 3.12. The number of benzene rings is 2. The zero-order valence-corrected chi connectivity index (χ0v) is 16.4. The summed E-state index contributed by atoms with van der Waals surface area (Å²) < 4.78 is 5.53. The maximum absolute atomic E-state index is 5.53. The van der Waals surface area contributed by atoms with Crippen molar-refractivity contribution in [2.45, 2.75) is 52.9 Å². The van der Waals surface area contributed by atoms with Crippen molar-refractivity contribution in [3.8, 4) is 5.75 Å². The van der Waals surface area contributed by atoms with Crippen molar-refractivity contribution in [1.29, 1.82) is 0 Å². The highest BCUT2D eigenvalue weighted by atomic mass is 16.5. The van der Waals surface area contributed by atoms with E-state index in [1.54, 1.807) is 7.11 Å². The molecule has 134 valence electrons. The number of methoxy groups -OCH3 is 1. The molecule has 0 unspecified atom stereocenters. The molecule has 1 heterocycles. The van der Waals surface area contributed by atoms with E-state index in [0.29, 0.717) is 5.92 Å². The Hall–Kier alpha value is -1.96. The van der Waals surface area contributed by atoms with Gasteiger partial charge in [-0.2, -0.15) is 0 Å². The zero-order chi connectivity index (χ0) is 18.0. The summed E-state index contributed by atoms with van der Waals surface area (Å²) in [5.74, 6) is 1.46. The molecule has 0 spiro atoms. The molecule has 0 aromatic heterocycles. The molecule has 2 nitrogen and oxygen atoms in total. The van der Waals surface area contributed by atoms with Crippen LogP contribution in [-0.4, -0.2) is 20.2 Å². The van der Waals surface area contributed by atoms with E-state index >= 15 is 0 Å². The van der Waals surface area contributed by atoms with Gasteiger partial charge in [-0.3, -0.25) is 0 Å². The van der Waals surface area contributed by atoms with Crippen molar-refractivity contribution >= 4 is 5.69 Å². The Morgan fingerprint density at radius 3 is 2.20 bits per heavy atom. The maximum atomic E-state index is 5.53. The molecule has 2 aromatic carbocycles. The normalized spacial score (nSPS) is 14.4. The predicted octanol–water partition coefficient (Wildman–Crippen LogP) is 5.63. The van der Waals surface area contributed by atoms with E-state index in [9.17, 15) is 0 Å². The van der Waals surface area contributed by atoms with Gasteiger partial charge in [0, 0.05) is 18.8 Å². The van der Waals surface area contributed by atoms with Crippen LogP contribution < -0.4 is 9.64 Å². The van der Waals surface area contributed by atoms with Crippen LogP contribution in [0.25, 0.3) is 0 Å². The molecule has 0 N–H and O–H groups in total. The molecule has 0 bridgehead atoms. The number of nitrogens with zero attached hydrogens (tertiary/aromatic N) is 1. The number of rotatable bonds is 5. The first kappa shape index (κ1) is 17.8. The second-order valence-electron chi connectivity index (χ2n) is 7.66. The van der Waals surface area contributed by atoms with Crippen molar-refractivity contribution < 1.29 is 4.74 Å². The molecule has 25 heavy (non-hydrogen) atoms. The van der Waals surface area contributed by atoms with E-state index < -0.39 is 0 Å². The molecule has 2 aromatic rings. The third-order valence-corrected chi connectivity index (χ3v) is 5.45. The van der Waals surface area contributed by atoms with Crippen molar-refractivity contribution in [2.75, 3.05) is 25.1 Å². The molecule has 1 saturated heterocycles. The summed E-state index contributed by atoms with van der Waals surface area (Å²) in [6, 6.07) is 11.4. The average molecular weight is 338 g/mol. The molecule has 0 aliphatic carbocycles. The lowest BCUT2D eigenvalue weighted by Gasteiger charge is -2.21. The molecule has 0 saturated carbocycles. The van der Waals surface area contributed by atoms with Crippen LogP contribution in [0.2, 0.25) is 0 Å². The number of hydrogen-bond acceptors (Lipinski definition) is 2. The van der Waals surface area contributed by atoms with Gasteiger partial charge in [0.25, 0.3) is 0 Å². The highest BCUT2D eigenvalue weighted by Crippen LogP contribution is 2.31. The Labute approximate surface area is 152 Å². The van der Waals surface area contributed by atoms with Gasteiger partial charge >= 0.3 is 0 Å². The van der Waals surface area contributed by atoms with E-state index in [0.717, 1.165) is 12.2 Å². The Morgan fingerprint density at radius 2 is 1.64 bits per heavy atom. The summed E-state index contributed by atoms with van der Waals surface area (Å²) in [6.07, 6.45) is 3.63. The van der Waals surface area contributed by atoms with Gasteiger partial charge in [-0.1, -0.05) is 26.0 Å². The minimum absolute atomic E-state index is 0.467. The molecule has 3 rings (SSSR count). The summed E-state index contributed by atoms with van der Waals surface area (Å²) in [6.45, 7) is 11.4. The third-order valence-electron chi connectivity index (χ3n) is 5.45. The largest absolute Gasteiger partial charge is 0.496 e. The van der Waals surface area contributed by atoms with E-state index in [4.69, 9.17) is 4.74 Å². The predicted molar refractivity (Wildman–Crippen MR) is 107 cm³/mol. The van der Waals surface area contributed by atoms with Crippen LogP contribution in [0.1, 0.15) is 60.4 Å². The van der Waals surface area contributed by atoms with Crippen LogP contribution in [-0.2, 0) is 6.42 Å². The van der Waals surface area contributed by atoms with Crippen LogP contribution in [0, 0.1) is 13.8 Å². The van der Waals surface area contributed by atoms with Crippen LogP contribution in [0.5, 0.6) is 5.75 Å². The molecule has 1 aliphatic rings. The lowest BCUT2D eigenvalue weighted by molar-refractivity contribution is 0.407. The monoisotopic (exact) mass is 337 g/mol. The van der Waals surface area contributed by atoms with Gasteiger partial charge in [0.2, 0.25) is 0 Å². The van der Waals surface area contributed by atoms with Crippen LogP contribution in [0.3, 0.4) is 0 Å². The Bertz CT molecular complexity index is 719. The van der Waals surface area contributed by atoms with Gasteiger partial charge in [-0.25, -0.2) is 0 Å². The van der Waals surface area contributed by atoms with E-state index in [1.165, 1.54) is 59.4 Å². The number of ether oxygens (including phenoxy) is 1. The summed E-state index contributed by atoms with van der Waals surface area (Å²) in [5, 5.41) is 0. The smallest absolute Gasteiger partial charge is 0.122 e. The molecule has 1 aliphatic heterocycles. The Morgan fingerprint density at radius 1 is 1.00 bits per heavy atom. The molecular formula is C23H31NO. The van der Waals surface area contributed by atoms with Crippen molar-refractivity contribution in [1.82, 2.24) is 0 Å². The van der Waals surface area contributed by atoms with Crippen LogP contribution >= 0.6 is 0 Å². The minimum atomic E-state index is 0.467. The standard InChI is InChI=1S/C23H31NO/c1-16(2)21-14-19(8-9-23(21)25-5)15-22-17(3)12-20(13-18(22)4)24-10-6-7-11-24/h8-9,12-14,16H,6-7,10-11,15H2,1-5H3. The first-order chi connectivity index (χ1) is 12.0. The van der Waals surface area contributed by atoms with Gasteiger partial charge in [0.15, 0.2) is 0 Å². The maximum Gasteiger partial charge on any atom is 0.122 e. The second kappa shape index (κ2) is 7.51. The number of hydrogen-bond donors (Lipinski definition) is 0. The summed E-state index contributed by atoms with van der Waals surface area (Å²) >= 11 is 0. The van der Waals surface area contributed by atoms with E-state index in [2.05, 4.69) is 62.9 Å². The van der Waals surface area contributed by atoms with Gasteiger partial charge < -0.3 is 9.64 Å². The fourth-order valence-corrected chi connectivity index (χ4v) is 3.96. The first-order valence-electron chi connectivity index (χ1n) is 9.51. The SMILES string of the molecule is COc1ccc(Cc2c(C)cc(N3CCCC3)cc2C)cc1C(C)C. The third kappa shape index (κ3) is 3.84. The summed E-state index contributed by atoms with van der Waals surface area (Å²) in [5.41, 5.74) is 8.33. The number of aryl methyl sites for hydroxylation is 2. The van der Waals surface area contributed by atoms with E-state index in [1.807, 2.05) is 0 Å². The van der Waals surface area contributed by atoms with Crippen molar-refractivity contribution in [3.05, 3.63) is 58.1 Å². The van der Waals surface area contributed by atoms with Crippen molar-refractivity contribution in [2.24, 2.45) is 0 Å². The second-order valence-corrected chi connectivity index (χ2v) is 7.66. The number of anilines is 1. The highest BCUT2D eigenvalue weighted by molar-refractivity contribution is 5.55.